The van der Waals surface area contributed by atoms with E-state index in [9.17, 15) is 13.5 Å². The van der Waals surface area contributed by atoms with E-state index in [0.29, 0.717) is 17.7 Å². The van der Waals surface area contributed by atoms with E-state index >= 15 is 0 Å². The van der Waals surface area contributed by atoms with Gasteiger partial charge in [-0.05, 0) is 64.0 Å². The molecule has 0 unspecified atom stereocenters. The Morgan fingerprint density at radius 3 is 2.45 bits per heavy atom. The highest BCUT2D eigenvalue weighted by atomic mass is 32.2. The second-order valence-corrected chi connectivity index (χ2v) is 12.8. The highest BCUT2D eigenvalue weighted by Crippen LogP contribution is 2.31. The number of aromatic nitrogens is 4. The summed E-state index contributed by atoms with van der Waals surface area (Å²) in [7, 11) is -3.84. The summed E-state index contributed by atoms with van der Waals surface area (Å²) in [6.45, 7) is 9.84. The van der Waals surface area contributed by atoms with E-state index < -0.39 is 15.6 Å². The zero-order valence-electron chi connectivity index (χ0n) is 23.0. The minimum absolute atomic E-state index is 0.216. The van der Waals surface area contributed by atoms with Crippen LogP contribution in [0.2, 0.25) is 0 Å². The average molecular weight is 559 g/mol. The third-order valence-electron chi connectivity index (χ3n) is 7.58. The van der Waals surface area contributed by atoms with Crippen LogP contribution in [0.1, 0.15) is 37.2 Å². The van der Waals surface area contributed by atoms with Crippen molar-refractivity contribution in [3.8, 4) is 11.3 Å². The van der Waals surface area contributed by atoms with Crippen molar-refractivity contribution in [2.75, 3.05) is 26.2 Å². The summed E-state index contributed by atoms with van der Waals surface area (Å²) in [6.07, 6.45) is 4.34. The average Bonchev–Trinajstić information content (AvgIpc) is 3.42. The van der Waals surface area contributed by atoms with Gasteiger partial charge in [0.2, 0.25) is 0 Å². The standard InChI is InChI=1S/C30H34N6O3S/c1-21-5-11-24(12-6-21)40(38,39)35-17-13-25-29(35)32-19-26-28(22-7-9-23(10-8-22)30(2,3)37)33-27(36(25)26)20-34-16-4-14-31-15-18-34/h5-13,17,19,31,37H,4,14-16,18,20H2,1-3H3. The van der Waals surface area contributed by atoms with E-state index in [0.717, 1.165) is 66.3 Å². The van der Waals surface area contributed by atoms with Crippen molar-refractivity contribution in [3.05, 3.63) is 83.9 Å². The number of aryl methyl sites for hydroxylation is 1. The predicted octanol–water partition coefficient (Wildman–Crippen LogP) is 3.92. The van der Waals surface area contributed by atoms with Crippen LogP contribution in [0, 0.1) is 6.92 Å². The number of nitrogens with one attached hydrogen (secondary N) is 1. The van der Waals surface area contributed by atoms with Gasteiger partial charge < -0.3 is 10.4 Å². The quantitative estimate of drug-likeness (QED) is 0.326. The van der Waals surface area contributed by atoms with Crippen LogP contribution < -0.4 is 5.32 Å². The van der Waals surface area contributed by atoms with Gasteiger partial charge in [0.1, 0.15) is 5.82 Å². The third kappa shape index (κ3) is 4.81. The van der Waals surface area contributed by atoms with Crippen LogP contribution in [0.5, 0.6) is 0 Å². The minimum Gasteiger partial charge on any atom is -0.386 e. The molecule has 9 nitrogen and oxygen atoms in total. The fourth-order valence-corrected chi connectivity index (χ4v) is 6.61. The second-order valence-electron chi connectivity index (χ2n) is 11.0. The van der Waals surface area contributed by atoms with E-state index in [1.165, 1.54) is 3.97 Å². The maximum Gasteiger partial charge on any atom is 0.269 e. The van der Waals surface area contributed by atoms with Crippen molar-refractivity contribution in [2.24, 2.45) is 0 Å². The van der Waals surface area contributed by atoms with Crippen molar-refractivity contribution >= 4 is 26.7 Å². The van der Waals surface area contributed by atoms with Gasteiger partial charge in [0, 0.05) is 24.8 Å². The van der Waals surface area contributed by atoms with E-state index in [4.69, 9.17) is 4.98 Å². The zero-order chi connectivity index (χ0) is 28.1. The van der Waals surface area contributed by atoms with Crippen LogP contribution in [-0.4, -0.2) is 62.9 Å². The third-order valence-corrected chi connectivity index (χ3v) is 9.26. The van der Waals surface area contributed by atoms with Crippen LogP contribution in [0.15, 0.2) is 71.9 Å². The molecule has 3 aromatic heterocycles. The molecule has 2 aromatic carbocycles. The van der Waals surface area contributed by atoms with Crippen molar-refractivity contribution in [1.82, 2.24) is 28.6 Å². The SMILES string of the molecule is Cc1ccc(S(=O)(=O)n2ccc3c2ncc2c(-c4ccc(C(C)(C)O)cc4)nc(CN4CCCNCC4)n23)cc1. The molecule has 0 amide bonds. The van der Waals surface area contributed by atoms with Gasteiger partial charge in [-0.25, -0.2) is 22.4 Å². The van der Waals surface area contributed by atoms with Gasteiger partial charge in [-0.3, -0.25) is 9.30 Å². The Hall–Kier alpha value is -3.57. The van der Waals surface area contributed by atoms with Crippen molar-refractivity contribution < 1.29 is 13.5 Å². The Bertz CT molecular complexity index is 1770. The lowest BCUT2D eigenvalue weighted by atomic mass is 9.97. The Balaban J connectivity index is 1.51. The summed E-state index contributed by atoms with van der Waals surface area (Å²) in [4.78, 5) is 12.4. The van der Waals surface area contributed by atoms with E-state index in [1.807, 2.05) is 35.6 Å². The molecule has 0 aliphatic carbocycles. The first kappa shape index (κ1) is 26.6. The molecule has 0 bridgehead atoms. The first-order chi connectivity index (χ1) is 19.1. The van der Waals surface area contributed by atoms with Crippen molar-refractivity contribution in [3.63, 3.8) is 0 Å². The van der Waals surface area contributed by atoms with Crippen molar-refractivity contribution in [2.45, 2.75) is 44.2 Å². The summed E-state index contributed by atoms with van der Waals surface area (Å²) in [5.74, 6) is 0.830. The number of rotatable bonds is 6. The minimum atomic E-state index is -3.84. The molecule has 0 spiro atoms. The molecule has 40 heavy (non-hydrogen) atoms. The number of nitrogens with zero attached hydrogens (tertiary/aromatic N) is 5. The van der Waals surface area contributed by atoms with Crippen LogP contribution in [0.4, 0.5) is 0 Å². The van der Waals surface area contributed by atoms with Crippen LogP contribution >= 0.6 is 0 Å². The number of hydrogen-bond acceptors (Lipinski definition) is 7. The summed E-state index contributed by atoms with van der Waals surface area (Å²) in [5.41, 5.74) is 4.38. The normalized spacial score (nSPS) is 15.6. The van der Waals surface area contributed by atoms with Gasteiger partial charge in [-0.15, -0.1) is 0 Å². The fourth-order valence-electron chi connectivity index (χ4n) is 5.32. The number of fused-ring (bicyclic) bond motifs is 3. The number of hydrogen-bond donors (Lipinski definition) is 2. The fraction of sp³-hybridized carbons (Fsp3) is 0.333. The molecule has 1 aliphatic rings. The van der Waals surface area contributed by atoms with Gasteiger partial charge >= 0.3 is 0 Å². The lowest BCUT2D eigenvalue weighted by Gasteiger charge is -2.18. The number of imidazole rings is 1. The lowest BCUT2D eigenvalue weighted by molar-refractivity contribution is 0.0786. The smallest absolute Gasteiger partial charge is 0.269 e. The van der Waals surface area contributed by atoms with E-state index in [1.54, 1.807) is 56.6 Å². The highest BCUT2D eigenvalue weighted by molar-refractivity contribution is 7.90. The molecule has 6 rings (SSSR count). The zero-order valence-corrected chi connectivity index (χ0v) is 23.8. The molecule has 5 aromatic rings. The molecule has 0 atom stereocenters. The molecule has 1 saturated heterocycles. The molecule has 1 fully saturated rings. The molecule has 0 radical (unpaired) electrons. The van der Waals surface area contributed by atoms with Gasteiger partial charge in [0.15, 0.2) is 5.65 Å². The first-order valence-electron chi connectivity index (χ1n) is 13.6. The molecule has 2 N–H and O–H groups in total. The highest BCUT2D eigenvalue weighted by Gasteiger charge is 2.24. The lowest BCUT2D eigenvalue weighted by Crippen LogP contribution is -2.28. The van der Waals surface area contributed by atoms with E-state index in [2.05, 4.69) is 15.2 Å². The molecular weight excluding hydrogens is 524 g/mol. The summed E-state index contributed by atoms with van der Waals surface area (Å²) in [5, 5.41) is 13.9. The molecular formula is C30H34N6O3S. The van der Waals surface area contributed by atoms with Crippen LogP contribution in [0.25, 0.3) is 27.9 Å². The molecule has 4 heterocycles. The maximum atomic E-state index is 13.6. The number of aliphatic hydroxyl groups is 1. The Kier molecular flexibility index (Phi) is 6.74. The Labute approximate surface area is 234 Å². The van der Waals surface area contributed by atoms with Gasteiger partial charge in [-0.2, -0.15) is 0 Å². The molecule has 0 saturated carbocycles. The summed E-state index contributed by atoms with van der Waals surface area (Å²) >= 11 is 0. The first-order valence-corrected chi connectivity index (χ1v) is 15.0. The van der Waals surface area contributed by atoms with Gasteiger partial charge in [-0.1, -0.05) is 42.0 Å². The Morgan fingerprint density at radius 1 is 0.975 bits per heavy atom. The van der Waals surface area contributed by atoms with Crippen molar-refractivity contribution in [1.29, 1.82) is 0 Å². The largest absolute Gasteiger partial charge is 0.386 e. The van der Waals surface area contributed by atoms with E-state index in [-0.39, 0.29) is 4.90 Å². The second kappa shape index (κ2) is 10.1. The monoisotopic (exact) mass is 558 g/mol. The topological polar surface area (TPSA) is 105 Å². The van der Waals surface area contributed by atoms with Crippen LogP contribution in [-0.2, 0) is 22.2 Å². The molecule has 1 aliphatic heterocycles. The molecule has 10 heteroatoms. The summed E-state index contributed by atoms with van der Waals surface area (Å²) < 4.78 is 30.5. The number of benzene rings is 2. The molecule has 208 valence electrons. The summed E-state index contributed by atoms with van der Waals surface area (Å²) in [6, 6.07) is 16.4. The predicted molar refractivity (Wildman–Crippen MR) is 156 cm³/mol. The Morgan fingerprint density at radius 2 is 1.73 bits per heavy atom. The van der Waals surface area contributed by atoms with Gasteiger partial charge in [0.25, 0.3) is 10.0 Å². The van der Waals surface area contributed by atoms with Gasteiger partial charge in [0.05, 0.1) is 40.0 Å². The maximum absolute atomic E-state index is 13.6. The van der Waals surface area contributed by atoms with Crippen LogP contribution in [0.3, 0.4) is 0 Å².